The van der Waals surface area contributed by atoms with E-state index in [-0.39, 0.29) is 70.6 Å². The number of rotatable bonds is 10. The number of aromatic amines is 2. The molecular formula is C48H52F2N8O5. The molecule has 1 spiro atoms. The minimum Gasteiger partial charge on any atom is -0.453 e. The number of alkyl carbamates (subject to hydrolysis) is 1. The van der Waals surface area contributed by atoms with Crippen LogP contribution in [-0.4, -0.2) is 85.3 Å². The largest absolute Gasteiger partial charge is 0.453 e. The third kappa shape index (κ3) is 6.85. The minimum atomic E-state index is -3.27. The van der Waals surface area contributed by atoms with Crippen molar-refractivity contribution in [3.05, 3.63) is 83.6 Å². The van der Waals surface area contributed by atoms with Crippen molar-refractivity contribution in [1.82, 2.24) is 40.4 Å². The number of hydrogen-bond donors (Lipinski definition) is 4. The van der Waals surface area contributed by atoms with Crippen LogP contribution in [0.3, 0.4) is 0 Å². The fourth-order valence-corrected chi connectivity index (χ4v) is 10.8. The van der Waals surface area contributed by atoms with Gasteiger partial charge in [-0.2, -0.15) is 8.78 Å². The number of benzene rings is 3. The smallest absolute Gasteiger partial charge is 0.407 e. The zero-order valence-corrected chi connectivity index (χ0v) is 36.1. The highest BCUT2D eigenvalue weighted by Crippen LogP contribution is 2.59. The second kappa shape index (κ2) is 15.0. The number of likely N-dealkylation sites (tertiary alicyclic amines) is 2. The Morgan fingerprint density at radius 2 is 1.59 bits per heavy atom. The van der Waals surface area contributed by atoms with Crippen LogP contribution in [0.4, 0.5) is 13.6 Å². The molecule has 5 aromatic rings. The van der Waals surface area contributed by atoms with E-state index < -0.39 is 24.1 Å². The predicted molar refractivity (Wildman–Crippen MR) is 231 cm³/mol. The van der Waals surface area contributed by atoms with E-state index in [0.717, 1.165) is 49.6 Å². The van der Waals surface area contributed by atoms with E-state index in [1.54, 1.807) is 38.2 Å². The van der Waals surface area contributed by atoms with Crippen LogP contribution in [0.15, 0.2) is 60.8 Å². The monoisotopic (exact) mass is 858 g/mol. The number of nitrogens with zero attached hydrogens (tertiary/aromatic N) is 4. The summed E-state index contributed by atoms with van der Waals surface area (Å²) in [5.41, 5.74) is 4.80. The normalized spacial score (nSPS) is 23.2. The summed E-state index contributed by atoms with van der Waals surface area (Å²) in [6, 6.07) is 14.0. The van der Waals surface area contributed by atoms with Crippen molar-refractivity contribution in [3.8, 4) is 33.5 Å². The quantitative estimate of drug-likeness (QED) is 0.110. The molecule has 6 atom stereocenters. The Hall–Kier alpha value is -6.12. The van der Waals surface area contributed by atoms with Crippen LogP contribution in [0.5, 0.6) is 0 Å². The van der Waals surface area contributed by atoms with E-state index in [1.807, 2.05) is 54.0 Å². The molecule has 5 aliphatic rings. The molecule has 2 aliphatic heterocycles. The van der Waals surface area contributed by atoms with Crippen molar-refractivity contribution in [2.45, 2.75) is 109 Å². The Morgan fingerprint density at radius 3 is 2.29 bits per heavy atom. The van der Waals surface area contributed by atoms with Gasteiger partial charge in [-0.25, -0.2) is 14.8 Å². The van der Waals surface area contributed by atoms with E-state index in [4.69, 9.17) is 14.7 Å². The van der Waals surface area contributed by atoms with Crippen molar-refractivity contribution in [1.29, 1.82) is 0 Å². The highest BCUT2D eigenvalue weighted by Gasteiger charge is 2.55. The fourth-order valence-electron chi connectivity index (χ4n) is 10.8. The lowest BCUT2D eigenvalue weighted by atomic mass is 9.97. The second-order valence-electron chi connectivity index (χ2n) is 18.7. The van der Waals surface area contributed by atoms with Gasteiger partial charge in [-0.3, -0.25) is 14.4 Å². The van der Waals surface area contributed by atoms with Crippen molar-refractivity contribution in [2.75, 3.05) is 13.7 Å². The summed E-state index contributed by atoms with van der Waals surface area (Å²) in [4.78, 5) is 72.1. The minimum absolute atomic E-state index is 0.0428. The van der Waals surface area contributed by atoms with E-state index in [1.165, 1.54) is 13.2 Å². The first-order valence-corrected chi connectivity index (χ1v) is 22.2. The Kier molecular flexibility index (Phi) is 9.75. The topological polar surface area (TPSA) is 165 Å². The Morgan fingerprint density at radius 1 is 0.889 bits per heavy atom. The van der Waals surface area contributed by atoms with E-state index in [9.17, 15) is 19.2 Å². The maximum absolute atomic E-state index is 16.6. The molecule has 4 fully saturated rings. The molecule has 15 heteroatoms. The Labute approximate surface area is 363 Å². The number of carbonyl (C=O) groups is 4. The molecule has 3 aliphatic carbocycles. The number of piperidine rings is 1. The maximum Gasteiger partial charge on any atom is 0.407 e. The molecule has 4 N–H and O–H groups in total. The average molecular weight is 859 g/mol. The van der Waals surface area contributed by atoms with Crippen LogP contribution in [0.2, 0.25) is 0 Å². The van der Waals surface area contributed by atoms with Gasteiger partial charge < -0.3 is 35.1 Å². The third-order valence-corrected chi connectivity index (χ3v) is 14.4. The number of amides is 4. The first-order chi connectivity index (χ1) is 30.2. The number of methoxy groups -OCH3 is 1. The van der Waals surface area contributed by atoms with E-state index in [0.29, 0.717) is 51.7 Å². The van der Waals surface area contributed by atoms with Gasteiger partial charge in [0, 0.05) is 35.7 Å². The van der Waals surface area contributed by atoms with Crippen LogP contribution in [0.1, 0.15) is 108 Å². The molecule has 63 heavy (non-hydrogen) atoms. The van der Waals surface area contributed by atoms with Gasteiger partial charge in [-0.1, -0.05) is 51.1 Å². The van der Waals surface area contributed by atoms with Crippen molar-refractivity contribution >= 4 is 34.8 Å². The molecule has 13 nitrogen and oxygen atoms in total. The van der Waals surface area contributed by atoms with Crippen LogP contribution in [-0.2, 0) is 25.0 Å². The third-order valence-electron chi connectivity index (χ3n) is 14.4. The summed E-state index contributed by atoms with van der Waals surface area (Å²) >= 11 is 0. The lowest BCUT2D eigenvalue weighted by molar-refractivity contribution is -0.138. The summed E-state index contributed by atoms with van der Waals surface area (Å²) in [6.07, 6.45) is 6.81. The summed E-state index contributed by atoms with van der Waals surface area (Å²) in [5, 5.41) is 5.52. The standard InChI is InChI=1S/C48H52F2N8O5/c1-6-39(59)56-40(24(2)3)45(61)57-23-47(15-16-47)21-38(57)42-51-22-37(55-42)28-9-13-32-31-12-8-26(18-33(31)48(49,50)34(32)19-28)27-10-14-35-36(20-27)54-43(53-35)41-29-7-11-30(17-29)58(41)44(60)25(4)52-46(62)63-5/h8-10,12-14,18-20,22,24-25,29-30,38,40-41H,6-7,11,15-17,21,23H2,1-5H3,(H,51,55)(H,52,62)(H,53,54)(H,56,59)/t25-,29+,30+,38-,40+,41-/m0/s1. The second-order valence-corrected chi connectivity index (χ2v) is 18.7. The molecule has 3 aromatic carbocycles. The molecule has 2 aromatic heterocycles. The summed E-state index contributed by atoms with van der Waals surface area (Å²) in [6.45, 7) is 7.87. The zero-order chi connectivity index (χ0) is 44.1. The molecule has 2 saturated carbocycles. The lowest BCUT2D eigenvalue weighted by Gasteiger charge is -2.35. The average Bonchev–Trinajstić information content (AvgIpc) is 3.93. The molecule has 0 radical (unpaired) electrons. The molecule has 0 unspecified atom stereocenters. The molecule has 4 amide bonds. The number of hydrogen-bond acceptors (Lipinski definition) is 7. The van der Waals surface area contributed by atoms with Gasteiger partial charge in [0.1, 0.15) is 23.7 Å². The number of fused-ring (bicyclic) bond motifs is 6. The van der Waals surface area contributed by atoms with Gasteiger partial charge >= 0.3 is 6.09 Å². The van der Waals surface area contributed by atoms with Gasteiger partial charge in [-0.05, 0) is 109 Å². The SMILES string of the molecule is CCC(=O)N[C@@H](C(=O)N1CC2(CC2)C[C@H]1c1ncc(-c2ccc3c(c2)C(F)(F)c2cc(-c4ccc5nc([C@@H]6[C@@H]7CC[C@H](C7)N6C(=O)[C@H](C)NC(=O)OC)[nH]c5c4)ccc2-3)[nH]1)C(C)C. The summed E-state index contributed by atoms with van der Waals surface area (Å²) < 4.78 is 38.0. The number of carbonyl (C=O) groups excluding carboxylic acids is 4. The number of H-pyrrole nitrogens is 2. The molecule has 2 bridgehead atoms. The van der Waals surface area contributed by atoms with Gasteiger partial charge in [0.15, 0.2) is 0 Å². The van der Waals surface area contributed by atoms with Crippen molar-refractivity contribution in [3.63, 3.8) is 0 Å². The van der Waals surface area contributed by atoms with Gasteiger partial charge in [0.25, 0.3) is 5.92 Å². The zero-order valence-electron chi connectivity index (χ0n) is 36.1. The predicted octanol–water partition coefficient (Wildman–Crippen LogP) is 8.14. The molecule has 10 rings (SSSR count). The first kappa shape index (κ1) is 40.9. The Bertz CT molecular complexity index is 2690. The number of halogens is 2. The Balaban J connectivity index is 0.894. The van der Waals surface area contributed by atoms with Gasteiger partial charge in [-0.15, -0.1) is 0 Å². The number of imidazole rings is 2. The fraction of sp³-hybridized carbons (Fsp3) is 0.458. The van der Waals surface area contributed by atoms with Crippen LogP contribution >= 0.6 is 0 Å². The highest BCUT2D eigenvalue weighted by molar-refractivity contribution is 5.90. The van der Waals surface area contributed by atoms with Crippen LogP contribution in [0.25, 0.3) is 44.5 Å². The number of ether oxygens (including phenoxy) is 1. The van der Waals surface area contributed by atoms with Crippen molar-refractivity contribution in [2.24, 2.45) is 17.3 Å². The molecule has 4 heterocycles. The first-order valence-electron chi connectivity index (χ1n) is 22.2. The number of aromatic nitrogens is 4. The molecule has 2 saturated heterocycles. The van der Waals surface area contributed by atoms with Crippen LogP contribution < -0.4 is 10.6 Å². The molecular weight excluding hydrogens is 807 g/mol. The molecule has 328 valence electrons. The summed E-state index contributed by atoms with van der Waals surface area (Å²) in [7, 11) is 1.26. The highest BCUT2D eigenvalue weighted by atomic mass is 19.3. The number of alkyl halides is 2. The summed E-state index contributed by atoms with van der Waals surface area (Å²) in [5.74, 6) is -2.35. The van der Waals surface area contributed by atoms with Crippen molar-refractivity contribution < 1.29 is 32.7 Å². The number of nitrogens with one attached hydrogen (secondary N) is 4. The van der Waals surface area contributed by atoms with Gasteiger partial charge in [0.2, 0.25) is 17.7 Å². The van der Waals surface area contributed by atoms with E-state index in [2.05, 4.69) is 20.6 Å². The van der Waals surface area contributed by atoms with Crippen LogP contribution in [0, 0.1) is 17.3 Å². The maximum atomic E-state index is 16.6. The lowest BCUT2D eigenvalue weighted by Crippen LogP contribution is -2.51. The van der Waals surface area contributed by atoms with Gasteiger partial charge in [0.05, 0.1) is 42.1 Å². The van der Waals surface area contributed by atoms with E-state index >= 15 is 8.78 Å².